The largest absolute Gasteiger partial charge is 0.338 e. The summed E-state index contributed by atoms with van der Waals surface area (Å²) in [4.78, 5) is 15.5. The predicted molar refractivity (Wildman–Crippen MR) is 102 cm³/mol. The van der Waals surface area contributed by atoms with E-state index in [4.69, 9.17) is 4.52 Å². The first kappa shape index (κ1) is 18.3. The molecule has 2 N–H and O–H groups in total. The summed E-state index contributed by atoms with van der Waals surface area (Å²) in [5, 5.41) is 18.9. The highest BCUT2D eigenvalue weighted by atomic mass is 32.2. The summed E-state index contributed by atoms with van der Waals surface area (Å²) in [6.07, 6.45) is 0.741. The van der Waals surface area contributed by atoms with Crippen LogP contribution in [0.15, 0.2) is 33.1 Å². The summed E-state index contributed by atoms with van der Waals surface area (Å²) in [6.45, 7) is 5.45. The van der Waals surface area contributed by atoms with Gasteiger partial charge in [-0.1, -0.05) is 41.2 Å². The highest BCUT2D eigenvalue weighted by Gasteiger charge is 2.17. The van der Waals surface area contributed by atoms with Crippen LogP contribution in [0.5, 0.6) is 0 Å². The first-order valence-electron chi connectivity index (χ1n) is 8.00. The Bertz CT molecular complexity index is 894. The van der Waals surface area contributed by atoms with Gasteiger partial charge in [-0.3, -0.25) is 4.79 Å². The molecule has 1 atom stereocenters. The lowest BCUT2D eigenvalue weighted by atomic mass is 10.3. The average Bonchev–Trinajstić information content (AvgIpc) is 3.24. The lowest BCUT2D eigenvalue weighted by Gasteiger charge is -2.05. The Kier molecular flexibility index (Phi) is 5.84. The Morgan fingerprint density at radius 1 is 1.35 bits per heavy atom. The Balaban J connectivity index is 1.63. The molecule has 3 aromatic rings. The number of benzene rings is 1. The van der Waals surface area contributed by atoms with Crippen molar-refractivity contribution >= 4 is 45.5 Å². The van der Waals surface area contributed by atoms with Crippen LogP contribution in [0.25, 0.3) is 0 Å². The molecule has 0 fully saturated rings. The smallest absolute Gasteiger partial charge is 0.239 e. The molecule has 8 nitrogen and oxygen atoms in total. The molecule has 0 radical (unpaired) electrons. The van der Waals surface area contributed by atoms with Crippen LogP contribution in [-0.4, -0.2) is 26.2 Å². The van der Waals surface area contributed by atoms with E-state index < -0.39 is 0 Å². The molecule has 1 unspecified atom stereocenters. The lowest BCUT2D eigenvalue weighted by molar-refractivity contribution is -0.114. The monoisotopic (exact) mass is 390 g/mol. The maximum atomic E-state index is 11.2. The van der Waals surface area contributed by atoms with Gasteiger partial charge in [0.1, 0.15) is 0 Å². The van der Waals surface area contributed by atoms with Gasteiger partial charge in [-0.05, 0) is 25.1 Å². The molecule has 136 valence electrons. The molecule has 0 bridgehead atoms. The zero-order valence-electron chi connectivity index (χ0n) is 14.5. The normalized spacial score (nSPS) is 12.0. The van der Waals surface area contributed by atoms with Gasteiger partial charge in [-0.2, -0.15) is 4.98 Å². The minimum atomic E-state index is -0.113. The molecule has 0 aliphatic rings. The zero-order valence-corrected chi connectivity index (χ0v) is 16.1. The van der Waals surface area contributed by atoms with E-state index in [0.717, 1.165) is 22.1 Å². The molecular formula is C16H18N6O2S2. The number of aromatic nitrogens is 4. The second-order valence-corrected chi connectivity index (χ2v) is 7.99. The summed E-state index contributed by atoms with van der Waals surface area (Å²) in [5.74, 6) is 1.17. The SMILES string of the molecule is CCc1noc(C(C)Sc2nnc(Nc3cccc(NC(C)=O)c3)s2)n1. The minimum Gasteiger partial charge on any atom is -0.338 e. The summed E-state index contributed by atoms with van der Waals surface area (Å²) in [6, 6.07) is 7.41. The average molecular weight is 390 g/mol. The number of carbonyl (C=O) groups excluding carboxylic acids is 1. The number of hydrogen-bond donors (Lipinski definition) is 2. The van der Waals surface area contributed by atoms with Gasteiger partial charge in [-0.25, -0.2) is 0 Å². The van der Waals surface area contributed by atoms with Gasteiger partial charge in [0.05, 0.1) is 5.25 Å². The topological polar surface area (TPSA) is 106 Å². The zero-order chi connectivity index (χ0) is 18.5. The number of carbonyl (C=O) groups is 1. The van der Waals surface area contributed by atoms with Gasteiger partial charge in [0.25, 0.3) is 0 Å². The number of amides is 1. The third kappa shape index (κ3) is 4.79. The molecular weight excluding hydrogens is 372 g/mol. The third-order valence-corrected chi connectivity index (χ3v) is 5.28. The van der Waals surface area contributed by atoms with Crippen molar-refractivity contribution < 1.29 is 9.32 Å². The molecule has 2 heterocycles. The van der Waals surface area contributed by atoms with Crippen molar-refractivity contribution in [2.45, 2.75) is 36.8 Å². The van der Waals surface area contributed by atoms with Crippen LogP contribution in [-0.2, 0) is 11.2 Å². The highest BCUT2D eigenvalue weighted by Crippen LogP contribution is 2.37. The fourth-order valence-corrected chi connectivity index (χ4v) is 4.03. The fraction of sp³-hybridized carbons (Fsp3) is 0.312. The fourth-order valence-electron chi connectivity index (χ4n) is 2.09. The summed E-state index contributed by atoms with van der Waals surface area (Å²) < 4.78 is 6.06. The molecule has 1 aromatic carbocycles. The Morgan fingerprint density at radius 2 is 2.15 bits per heavy atom. The van der Waals surface area contributed by atoms with E-state index in [9.17, 15) is 4.79 Å². The third-order valence-electron chi connectivity index (χ3n) is 3.27. The number of nitrogens with zero attached hydrogens (tertiary/aromatic N) is 4. The minimum absolute atomic E-state index is 0.00769. The van der Waals surface area contributed by atoms with E-state index in [-0.39, 0.29) is 11.2 Å². The van der Waals surface area contributed by atoms with Gasteiger partial charge in [0.15, 0.2) is 10.2 Å². The van der Waals surface area contributed by atoms with Crippen molar-refractivity contribution in [1.29, 1.82) is 0 Å². The first-order valence-corrected chi connectivity index (χ1v) is 9.70. The molecule has 1 amide bonds. The Labute approximate surface area is 158 Å². The van der Waals surface area contributed by atoms with E-state index in [1.54, 1.807) is 0 Å². The number of rotatable bonds is 7. The van der Waals surface area contributed by atoms with Gasteiger partial charge in [-0.15, -0.1) is 10.2 Å². The van der Waals surface area contributed by atoms with E-state index in [1.165, 1.54) is 30.0 Å². The van der Waals surface area contributed by atoms with Crippen molar-refractivity contribution in [2.75, 3.05) is 10.6 Å². The summed E-state index contributed by atoms with van der Waals surface area (Å²) in [5.41, 5.74) is 1.54. The number of anilines is 3. The molecule has 3 rings (SSSR count). The number of hydrogen-bond acceptors (Lipinski definition) is 9. The van der Waals surface area contributed by atoms with Crippen molar-refractivity contribution in [3.05, 3.63) is 36.0 Å². The van der Waals surface area contributed by atoms with Crippen molar-refractivity contribution in [3.8, 4) is 0 Å². The summed E-state index contributed by atoms with van der Waals surface area (Å²) in [7, 11) is 0. The predicted octanol–water partition coefficient (Wildman–Crippen LogP) is 4.04. The highest BCUT2D eigenvalue weighted by molar-refractivity contribution is 8.01. The maximum Gasteiger partial charge on any atom is 0.239 e. The van der Waals surface area contributed by atoms with Crippen LogP contribution in [0.3, 0.4) is 0 Å². The van der Waals surface area contributed by atoms with Crippen LogP contribution < -0.4 is 10.6 Å². The van der Waals surface area contributed by atoms with E-state index in [0.29, 0.717) is 16.8 Å². The quantitative estimate of drug-likeness (QED) is 0.582. The standard InChI is InChI=1S/C16H18N6O2S2/c1-4-13-19-14(24-22-13)9(2)25-16-21-20-15(26-16)18-12-7-5-6-11(8-12)17-10(3)23/h5-9H,4H2,1-3H3,(H,17,23)(H,18,20). The van der Waals surface area contributed by atoms with Gasteiger partial charge in [0, 0.05) is 24.7 Å². The van der Waals surface area contributed by atoms with Crippen LogP contribution in [0.1, 0.15) is 37.7 Å². The molecule has 10 heteroatoms. The van der Waals surface area contributed by atoms with E-state index in [1.807, 2.05) is 38.1 Å². The Hall–Kier alpha value is -2.46. The van der Waals surface area contributed by atoms with E-state index in [2.05, 4.69) is 31.0 Å². The summed E-state index contributed by atoms with van der Waals surface area (Å²) >= 11 is 2.95. The molecule has 26 heavy (non-hydrogen) atoms. The molecule has 0 saturated heterocycles. The van der Waals surface area contributed by atoms with Gasteiger partial charge in [0.2, 0.25) is 16.9 Å². The molecule has 0 aliphatic heterocycles. The first-order chi connectivity index (χ1) is 12.5. The maximum absolute atomic E-state index is 11.2. The number of thioether (sulfide) groups is 1. The van der Waals surface area contributed by atoms with Crippen LogP contribution in [0.4, 0.5) is 16.5 Å². The number of aryl methyl sites for hydroxylation is 1. The second kappa shape index (κ2) is 8.28. The van der Waals surface area contributed by atoms with Crippen molar-refractivity contribution in [1.82, 2.24) is 20.3 Å². The molecule has 2 aromatic heterocycles. The van der Waals surface area contributed by atoms with Crippen LogP contribution >= 0.6 is 23.1 Å². The number of nitrogens with one attached hydrogen (secondary N) is 2. The molecule has 0 aliphatic carbocycles. The van der Waals surface area contributed by atoms with Crippen LogP contribution in [0, 0.1) is 0 Å². The lowest BCUT2D eigenvalue weighted by Crippen LogP contribution is -2.05. The Morgan fingerprint density at radius 3 is 2.88 bits per heavy atom. The molecule has 0 spiro atoms. The second-order valence-electron chi connectivity index (χ2n) is 5.42. The van der Waals surface area contributed by atoms with Crippen LogP contribution in [0.2, 0.25) is 0 Å². The van der Waals surface area contributed by atoms with Gasteiger partial charge >= 0.3 is 0 Å². The van der Waals surface area contributed by atoms with Gasteiger partial charge < -0.3 is 15.2 Å². The molecule has 0 saturated carbocycles. The van der Waals surface area contributed by atoms with E-state index >= 15 is 0 Å². The van der Waals surface area contributed by atoms with Crippen molar-refractivity contribution in [3.63, 3.8) is 0 Å². The van der Waals surface area contributed by atoms with Crippen molar-refractivity contribution in [2.24, 2.45) is 0 Å².